The van der Waals surface area contributed by atoms with Crippen LogP contribution < -0.4 is 4.98 Å². The first-order valence-corrected chi connectivity index (χ1v) is 8.02. The van der Waals surface area contributed by atoms with E-state index in [1.54, 1.807) is 12.9 Å². The van der Waals surface area contributed by atoms with Gasteiger partial charge in [0.25, 0.3) is 0 Å². The van der Waals surface area contributed by atoms with Crippen LogP contribution in [0, 0.1) is 0 Å². The molecule has 1 atom stereocenters. The van der Waals surface area contributed by atoms with Gasteiger partial charge in [-0.25, -0.2) is 0 Å². The van der Waals surface area contributed by atoms with Gasteiger partial charge in [0.2, 0.25) is 7.37 Å². The molecule has 0 bridgehead atoms. The van der Waals surface area contributed by atoms with Crippen molar-refractivity contribution < 1.29 is 29.5 Å². The van der Waals surface area contributed by atoms with Gasteiger partial charge < -0.3 is 14.5 Å². The van der Waals surface area contributed by atoms with Crippen molar-refractivity contribution in [2.45, 2.75) is 40.8 Å². The molecule has 0 aliphatic rings. The summed E-state index contributed by atoms with van der Waals surface area (Å²) in [7, 11) is -2.48. The zero-order valence-electron chi connectivity index (χ0n) is 11.5. The normalized spacial score (nSPS) is 11.9. The molecule has 1 aromatic heterocycles. The Bertz CT molecular complexity index is 279. The maximum atomic E-state index is 11.6. The first kappa shape index (κ1) is 22.3. The van der Waals surface area contributed by atoms with Gasteiger partial charge in [-0.2, -0.15) is 0 Å². The Morgan fingerprint density at radius 1 is 1.35 bits per heavy atom. The number of rotatable bonds is 4. The first-order valence-electron chi connectivity index (χ1n) is 5.76. The third-order valence-corrected chi connectivity index (χ3v) is 3.07. The van der Waals surface area contributed by atoms with Crippen LogP contribution in [0.15, 0.2) is 12.5 Å². The van der Waals surface area contributed by atoms with Crippen LogP contribution in [0.5, 0.6) is 0 Å². The van der Waals surface area contributed by atoms with Crippen molar-refractivity contribution in [3.05, 3.63) is 18.2 Å². The smallest absolute Gasteiger partial charge is 0.204 e. The van der Waals surface area contributed by atoms with Gasteiger partial charge in [0, 0.05) is 33.2 Å². The van der Waals surface area contributed by atoms with Gasteiger partial charge in [-0.15, -0.1) is 0 Å². The molecule has 1 rings (SSSR count). The molecule has 0 aliphatic heterocycles. The Balaban J connectivity index is -0.000000355. The summed E-state index contributed by atoms with van der Waals surface area (Å²) in [6, 6.07) is 0. The quantitative estimate of drug-likeness (QED) is 0.614. The van der Waals surface area contributed by atoms with Crippen molar-refractivity contribution in [1.82, 2.24) is 9.97 Å². The zero-order valence-corrected chi connectivity index (χ0v) is 14.0. The second kappa shape index (κ2) is 14.1. The van der Waals surface area contributed by atoms with Crippen LogP contribution in [0.1, 0.15) is 40.3 Å². The summed E-state index contributed by atoms with van der Waals surface area (Å²) in [6.45, 7) is 11.9. The fraction of sp³-hybridized carbons (Fsp3) is 0.727. The molecule has 0 aromatic carbocycles. The number of imidazole rings is 1. The fourth-order valence-corrected chi connectivity index (χ4v) is 2.34. The minimum Gasteiger partial charge on any atom is -0.450 e. The topological polar surface area (TPSA) is 53.3 Å². The Morgan fingerprint density at radius 2 is 1.88 bits per heavy atom. The molecule has 6 heteroatoms. The third kappa shape index (κ3) is 12.3. The molecule has 0 saturated carbocycles. The van der Waals surface area contributed by atoms with Crippen LogP contribution in [-0.4, -0.2) is 18.3 Å². The average Bonchev–Trinajstić information content (AvgIpc) is 2.75. The molecule has 1 aromatic rings. The molecule has 0 aliphatic carbocycles. The summed E-state index contributed by atoms with van der Waals surface area (Å²) in [4.78, 5) is 7.70. The Kier molecular flexibility index (Phi) is 18.5. The van der Waals surface area contributed by atoms with Crippen molar-refractivity contribution in [1.29, 1.82) is 0 Å². The second-order valence-corrected chi connectivity index (χ2v) is 5.21. The molecule has 0 saturated heterocycles. The van der Waals surface area contributed by atoms with Gasteiger partial charge in [-0.3, -0.25) is 4.57 Å². The summed E-state index contributed by atoms with van der Waals surface area (Å²) in [5.74, 6) is 0. The molecule has 1 heterocycles. The maximum Gasteiger partial charge on any atom is 0.204 e. The molecular weight excluding hydrogens is 330 g/mol. The van der Waals surface area contributed by atoms with E-state index in [9.17, 15) is 4.57 Å². The number of hydrogen-bond donors (Lipinski definition) is 0. The van der Waals surface area contributed by atoms with Gasteiger partial charge >= 0.3 is 0 Å². The maximum absolute atomic E-state index is 11.6. The van der Waals surface area contributed by atoms with Crippen molar-refractivity contribution in [3.8, 4) is 0 Å². The molecule has 4 nitrogen and oxygen atoms in total. The molecule has 106 valence electrons. The summed E-state index contributed by atoms with van der Waals surface area (Å²) in [5.41, 5.74) is 0.731. The molecular formula is C11H24N2O2PPd-. The molecule has 0 radical (unpaired) electrons. The standard InChI is InChI=1S/C7H12N2O2P.2C2H6.Pd/c1-3-11-12(2,10)5-7-4-8-6-9-7;2*1-2;/h4,6H,3,5H2,1-2H3;2*1-2H3;/q-1;;;. The van der Waals surface area contributed by atoms with E-state index in [2.05, 4.69) is 9.97 Å². The zero-order chi connectivity index (χ0) is 13.0. The van der Waals surface area contributed by atoms with Crippen molar-refractivity contribution >= 4 is 7.37 Å². The minimum atomic E-state index is -2.48. The Labute approximate surface area is 119 Å². The predicted molar refractivity (Wildman–Crippen MR) is 69.1 cm³/mol. The van der Waals surface area contributed by atoms with Crippen molar-refractivity contribution in [2.24, 2.45) is 0 Å². The number of aromatic nitrogens is 2. The van der Waals surface area contributed by atoms with Crippen LogP contribution in [-0.2, 0) is 35.7 Å². The monoisotopic (exact) mass is 353 g/mol. The summed E-state index contributed by atoms with van der Waals surface area (Å²) in [6.07, 6.45) is 3.43. The van der Waals surface area contributed by atoms with Crippen molar-refractivity contribution in [3.63, 3.8) is 0 Å². The van der Waals surface area contributed by atoms with E-state index in [-0.39, 0.29) is 20.4 Å². The predicted octanol–water partition coefficient (Wildman–Crippen LogP) is 3.53. The summed E-state index contributed by atoms with van der Waals surface area (Å²) in [5, 5.41) is 0. The van der Waals surface area contributed by atoms with Crippen LogP contribution >= 0.6 is 7.37 Å². The second-order valence-electron chi connectivity index (χ2n) is 2.60. The third-order valence-electron chi connectivity index (χ3n) is 1.37. The molecule has 0 spiro atoms. The van der Waals surface area contributed by atoms with Gasteiger partial charge in [-0.05, 0) is 6.92 Å². The van der Waals surface area contributed by atoms with Crippen molar-refractivity contribution in [2.75, 3.05) is 13.3 Å². The van der Waals surface area contributed by atoms with Crippen LogP contribution in [0.25, 0.3) is 0 Å². The average molecular weight is 354 g/mol. The van der Waals surface area contributed by atoms with E-state index in [1.165, 1.54) is 6.33 Å². The van der Waals surface area contributed by atoms with Crippen LogP contribution in [0.2, 0.25) is 0 Å². The van der Waals surface area contributed by atoms with E-state index in [0.29, 0.717) is 12.8 Å². The van der Waals surface area contributed by atoms with E-state index >= 15 is 0 Å². The van der Waals surface area contributed by atoms with Gasteiger partial charge in [-0.1, -0.05) is 45.9 Å². The van der Waals surface area contributed by atoms with E-state index in [0.717, 1.165) is 5.69 Å². The summed E-state index contributed by atoms with van der Waals surface area (Å²) < 4.78 is 16.7. The van der Waals surface area contributed by atoms with E-state index < -0.39 is 7.37 Å². The first-order chi connectivity index (χ1) is 7.64. The van der Waals surface area contributed by atoms with Crippen LogP contribution in [0.4, 0.5) is 0 Å². The van der Waals surface area contributed by atoms with Gasteiger partial charge in [0.05, 0.1) is 6.61 Å². The van der Waals surface area contributed by atoms with E-state index in [4.69, 9.17) is 4.52 Å². The molecule has 1 unspecified atom stereocenters. The molecule has 0 N–H and O–H groups in total. The van der Waals surface area contributed by atoms with Crippen LogP contribution in [0.3, 0.4) is 0 Å². The van der Waals surface area contributed by atoms with Gasteiger partial charge in [0.15, 0.2) is 0 Å². The number of nitrogens with zero attached hydrogens (tertiary/aromatic N) is 2. The largest absolute Gasteiger partial charge is 0.450 e. The molecule has 17 heavy (non-hydrogen) atoms. The minimum absolute atomic E-state index is 0. The molecule has 0 fully saturated rings. The summed E-state index contributed by atoms with van der Waals surface area (Å²) >= 11 is 0. The van der Waals surface area contributed by atoms with E-state index in [1.807, 2.05) is 34.6 Å². The Morgan fingerprint density at radius 3 is 2.24 bits per heavy atom. The Hall–Kier alpha value is 0.0623. The SMILES string of the molecule is CC.CC.CCOP(C)(=O)Cc1c[n-]cn1.[Pd]. The van der Waals surface area contributed by atoms with Gasteiger partial charge in [0.1, 0.15) is 0 Å². The number of hydrogen-bond acceptors (Lipinski definition) is 3. The fourth-order valence-electron chi connectivity index (χ4n) is 0.955. The molecule has 0 amide bonds.